The van der Waals surface area contributed by atoms with Gasteiger partial charge in [-0.2, -0.15) is 0 Å². The van der Waals surface area contributed by atoms with Gasteiger partial charge in [-0.05, 0) is 36.6 Å². The molecule has 2 atom stereocenters. The minimum absolute atomic E-state index is 0.211. The molecule has 3 rings (SSSR count). The van der Waals surface area contributed by atoms with Crippen LogP contribution in [0.15, 0.2) is 42.5 Å². The SMILES string of the molecule is CNC(=O)[C@@]1(Cc2ccc(OCc3cccc(Cl)c3Cl)cc2)C[C@@H]1C(=O)NO. The van der Waals surface area contributed by atoms with Gasteiger partial charge in [0.05, 0.1) is 21.4 Å². The molecule has 0 aliphatic heterocycles. The Morgan fingerprint density at radius 3 is 2.57 bits per heavy atom. The highest BCUT2D eigenvalue weighted by Gasteiger charge is 2.62. The van der Waals surface area contributed by atoms with Gasteiger partial charge in [-0.3, -0.25) is 14.8 Å². The van der Waals surface area contributed by atoms with Crippen molar-refractivity contribution in [1.29, 1.82) is 0 Å². The quantitative estimate of drug-likeness (QED) is 0.471. The van der Waals surface area contributed by atoms with E-state index in [4.69, 9.17) is 33.1 Å². The van der Waals surface area contributed by atoms with E-state index < -0.39 is 17.2 Å². The molecule has 1 saturated carbocycles. The third kappa shape index (κ3) is 4.09. The van der Waals surface area contributed by atoms with Crippen LogP contribution in [-0.2, 0) is 22.6 Å². The maximum Gasteiger partial charge on any atom is 0.247 e. The van der Waals surface area contributed by atoms with Crippen LogP contribution in [-0.4, -0.2) is 24.1 Å². The lowest BCUT2D eigenvalue weighted by molar-refractivity contribution is -0.135. The zero-order chi connectivity index (χ0) is 20.3. The molecule has 0 bridgehead atoms. The van der Waals surface area contributed by atoms with E-state index in [0.29, 0.717) is 28.6 Å². The Morgan fingerprint density at radius 1 is 1.21 bits per heavy atom. The second-order valence-electron chi connectivity index (χ2n) is 6.79. The van der Waals surface area contributed by atoms with Crippen molar-refractivity contribution in [1.82, 2.24) is 10.8 Å². The molecule has 0 aromatic heterocycles. The van der Waals surface area contributed by atoms with Crippen LogP contribution in [0.4, 0.5) is 0 Å². The van der Waals surface area contributed by atoms with Crippen LogP contribution in [0.3, 0.4) is 0 Å². The zero-order valence-electron chi connectivity index (χ0n) is 15.2. The van der Waals surface area contributed by atoms with E-state index in [1.54, 1.807) is 23.7 Å². The highest BCUT2D eigenvalue weighted by molar-refractivity contribution is 6.42. The summed E-state index contributed by atoms with van der Waals surface area (Å²) < 4.78 is 5.75. The van der Waals surface area contributed by atoms with Crippen molar-refractivity contribution < 1.29 is 19.5 Å². The largest absolute Gasteiger partial charge is 0.489 e. The van der Waals surface area contributed by atoms with E-state index in [1.165, 1.54) is 7.05 Å². The molecule has 2 aromatic rings. The van der Waals surface area contributed by atoms with Crippen molar-refractivity contribution in [2.75, 3.05) is 7.05 Å². The van der Waals surface area contributed by atoms with Gasteiger partial charge < -0.3 is 10.1 Å². The lowest BCUT2D eigenvalue weighted by Gasteiger charge is -2.16. The number of hydroxylamine groups is 1. The van der Waals surface area contributed by atoms with Gasteiger partial charge >= 0.3 is 0 Å². The highest BCUT2D eigenvalue weighted by atomic mass is 35.5. The van der Waals surface area contributed by atoms with Crippen LogP contribution >= 0.6 is 23.2 Å². The van der Waals surface area contributed by atoms with Crippen LogP contribution in [0.25, 0.3) is 0 Å². The predicted octanol–water partition coefficient (Wildman–Crippen LogP) is 3.37. The molecule has 1 fully saturated rings. The average Bonchev–Trinajstić information content (AvgIpc) is 3.44. The summed E-state index contributed by atoms with van der Waals surface area (Å²) in [6.07, 6.45) is 0.787. The fourth-order valence-corrected chi connectivity index (χ4v) is 3.77. The number of hydrogen-bond donors (Lipinski definition) is 3. The number of carbonyl (C=O) groups is 2. The summed E-state index contributed by atoms with van der Waals surface area (Å²) >= 11 is 12.2. The van der Waals surface area contributed by atoms with E-state index in [1.807, 2.05) is 24.3 Å². The molecule has 3 N–H and O–H groups in total. The topological polar surface area (TPSA) is 87.7 Å². The molecule has 148 valence electrons. The van der Waals surface area contributed by atoms with Crippen LogP contribution in [0.5, 0.6) is 5.75 Å². The Hall–Kier alpha value is -2.28. The second kappa shape index (κ2) is 8.39. The number of halogens is 2. The van der Waals surface area contributed by atoms with Gasteiger partial charge in [0.2, 0.25) is 11.8 Å². The van der Waals surface area contributed by atoms with Gasteiger partial charge in [0, 0.05) is 12.6 Å². The van der Waals surface area contributed by atoms with Crippen LogP contribution in [0, 0.1) is 11.3 Å². The molecule has 1 aliphatic carbocycles. The molecule has 0 unspecified atom stereocenters. The summed E-state index contributed by atoms with van der Waals surface area (Å²) in [5, 5.41) is 12.4. The van der Waals surface area contributed by atoms with E-state index in [-0.39, 0.29) is 12.5 Å². The van der Waals surface area contributed by atoms with Crippen molar-refractivity contribution in [3.05, 3.63) is 63.6 Å². The summed E-state index contributed by atoms with van der Waals surface area (Å²) in [5.74, 6) is -0.647. The van der Waals surface area contributed by atoms with Gasteiger partial charge in [0.25, 0.3) is 0 Å². The monoisotopic (exact) mass is 422 g/mol. The Bertz CT molecular complexity index is 888. The second-order valence-corrected chi connectivity index (χ2v) is 7.58. The van der Waals surface area contributed by atoms with Gasteiger partial charge in [-0.25, -0.2) is 5.48 Å². The van der Waals surface area contributed by atoms with E-state index in [0.717, 1.165) is 11.1 Å². The molecular formula is C20H20Cl2N2O4. The maximum absolute atomic E-state index is 12.3. The van der Waals surface area contributed by atoms with Crippen LogP contribution in [0.1, 0.15) is 17.5 Å². The number of ether oxygens (including phenoxy) is 1. The summed E-state index contributed by atoms with van der Waals surface area (Å²) in [6, 6.07) is 12.7. The minimum Gasteiger partial charge on any atom is -0.489 e. The lowest BCUT2D eigenvalue weighted by atomic mass is 9.92. The number of amides is 2. The van der Waals surface area contributed by atoms with Gasteiger partial charge in [-0.1, -0.05) is 47.5 Å². The fourth-order valence-electron chi connectivity index (χ4n) is 3.39. The van der Waals surface area contributed by atoms with Crippen molar-refractivity contribution in [2.24, 2.45) is 11.3 Å². The Morgan fingerprint density at radius 2 is 1.93 bits per heavy atom. The van der Waals surface area contributed by atoms with Crippen molar-refractivity contribution >= 4 is 35.0 Å². The maximum atomic E-state index is 12.3. The van der Waals surface area contributed by atoms with E-state index in [9.17, 15) is 9.59 Å². The molecule has 28 heavy (non-hydrogen) atoms. The third-order valence-electron chi connectivity index (χ3n) is 5.05. The molecular weight excluding hydrogens is 403 g/mol. The molecule has 2 amide bonds. The van der Waals surface area contributed by atoms with Crippen LogP contribution in [0.2, 0.25) is 10.0 Å². The zero-order valence-corrected chi connectivity index (χ0v) is 16.7. The highest BCUT2D eigenvalue weighted by Crippen LogP contribution is 2.55. The third-order valence-corrected chi connectivity index (χ3v) is 5.91. The summed E-state index contributed by atoms with van der Waals surface area (Å²) in [4.78, 5) is 24.0. The van der Waals surface area contributed by atoms with Crippen molar-refractivity contribution in [3.8, 4) is 5.75 Å². The number of nitrogens with one attached hydrogen (secondary N) is 2. The Labute approximate surface area is 172 Å². The average molecular weight is 423 g/mol. The summed E-state index contributed by atoms with van der Waals surface area (Å²) in [6.45, 7) is 0.277. The molecule has 6 nitrogen and oxygen atoms in total. The normalized spacial score (nSPS) is 20.4. The number of benzene rings is 2. The Balaban J connectivity index is 1.66. The Kier molecular flexibility index (Phi) is 6.13. The molecule has 2 aromatic carbocycles. The van der Waals surface area contributed by atoms with Gasteiger partial charge in [0.15, 0.2) is 0 Å². The molecule has 0 heterocycles. The van der Waals surface area contributed by atoms with E-state index in [2.05, 4.69) is 5.32 Å². The minimum atomic E-state index is -0.835. The smallest absolute Gasteiger partial charge is 0.247 e. The lowest BCUT2D eigenvalue weighted by Crippen LogP contribution is -2.35. The molecule has 0 spiro atoms. The predicted molar refractivity (Wildman–Crippen MR) is 105 cm³/mol. The number of carbonyl (C=O) groups excluding carboxylic acids is 2. The van der Waals surface area contributed by atoms with Gasteiger partial charge in [0.1, 0.15) is 12.4 Å². The van der Waals surface area contributed by atoms with Crippen molar-refractivity contribution in [2.45, 2.75) is 19.4 Å². The summed E-state index contributed by atoms with van der Waals surface area (Å²) in [7, 11) is 1.54. The first-order valence-electron chi connectivity index (χ1n) is 8.72. The first-order chi connectivity index (χ1) is 13.4. The van der Waals surface area contributed by atoms with Gasteiger partial charge in [-0.15, -0.1) is 0 Å². The summed E-state index contributed by atoms with van der Waals surface area (Å²) in [5.41, 5.74) is 2.48. The number of rotatable bonds is 7. The molecule has 1 aliphatic rings. The fraction of sp³-hybridized carbons (Fsp3) is 0.300. The molecule has 0 saturated heterocycles. The number of hydrogen-bond acceptors (Lipinski definition) is 4. The molecule has 8 heteroatoms. The standard InChI is InChI=1S/C20H20Cl2N2O4/c1-23-19(26)20(10-15(20)18(25)24-27)9-12-5-7-14(8-6-12)28-11-13-3-2-4-16(21)17(13)22/h2-8,15,27H,9-11H2,1H3,(H,23,26)(H,24,25)/t15-,20+/m1/s1. The molecule has 0 radical (unpaired) electrons. The van der Waals surface area contributed by atoms with E-state index >= 15 is 0 Å². The first kappa shape index (κ1) is 20.5. The van der Waals surface area contributed by atoms with Crippen LogP contribution < -0.4 is 15.5 Å². The first-order valence-corrected chi connectivity index (χ1v) is 9.47. The van der Waals surface area contributed by atoms with Crippen molar-refractivity contribution in [3.63, 3.8) is 0 Å².